The van der Waals surface area contributed by atoms with Gasteiger partial charge in [-0.05, 0) is 43.7 Å². The van der Waals surface area contributed by atoms with Gasteiger partial charge >= 0.3 is 0 Å². The molecule has 2 unspecified atom stereocenters. The Morgan fingerprint density at radius 2 is 1.80 bits per heavy atom. The Bertz CT molecular complexity index is 831. The van der Waals surface area contributed by atoms with Crippen LogP contribution in [0.5, 0.6) is 0 Å². The Morgan fingerprint density at radius 3 is 2.60 bits per heavy atom. The summed E-state index contributed by atoms with van der Waals surface area (Å²) in [4.78, 5) is 30.8. The maximum Gasteiger partial charge on any atom is 0.254 e. The van der Waals surface area contributed by atoms with E-state index in [0.717, 1.165) is 62.5 Å². The van der Waals surface area contributed by atoms with Crippen LogP contribution >= 0.6 is 0 Å². The van der Waals surface area contributed by atoms with Gasteiger partial charge in [0, 0.05) is 31.1 Å². The van der Waals surface area contributed by atoms with Gasteiger partial charge in [0.05, 0.1) is 17.6 Å². The third-order valence-electron chi connectivity index (χ3n) is 8.44. The smallest absolute Gasteiger partial charge is 0.254 e. The first-order chi connectivity index (χ1) is 14.5. The van der Waals surface area contributed by atoms with Gasteiger partial charge in [-0.2, -0.15) is 0 Å². The maximum atomic E-state index is 13.5. The zero-order chi connectivity index (χ0) is 20.8. The summed E-state index contributed by atoms with van der Waals surface area (Å²) < 4.78 is 0. The quantitative estimate of drug-likeness (QED) is 0.822. The number of carbonyl (C=O) groups is 2. The lowest BCUT2D eigenvalue weighted by atomic mass is 9.71. The zero-order valence-electron chi connectivity index (χ0n) is 17.9. The monoisotopic (exact) mass is 410 g/mol. The molecule has 1 aromatic carbocycles. The average Bonchev–Trinajstić information content (AvgIpc) is 3.11. The molecule has 0 spiro atoms. The van der Waals surface area contributed by atoms with E-state index in [-0.39, 0.29) is 23.3 Å². The highest BCUT2D eigenvalue weighted by molar-refractivity contribution is 5.99. The first-order valence-corrected chi connectivity index (χ1v) is 11.9. The van der Waals surface area contributed by atoms with Crippen LogP contribution in [0.3, 0.4) is 0 Å². The van der Waals surface area contributed by atoms with Crippen molar-refractivity contribution in [3.63, 3.8) is 0 Å². The number of benzene rings is 1. The van der Waals surface area contributed by atoms with E-state index in [0.29, 0.717) is 32.5 Å². The third kappa shape index (κ3) is 3.35. The largest absolute Gasteiger partial charge is 0.389 e. The van der Waals surface area contributed by atoms with Gasteiger partial charge < -0.3 is 14.9 Å². The number of hydrogen-bond donors (Lipinski definition) is 1. The van der Waals surface area contributed by atoms with Crippen molar-refractivity contribution < 1.29 is 14.7 Å². The normalized spacial score (nSPS) is 30.7. The summed E-state index contributed by atoms with van der Waals surface area (Å²) in [6, 6.07) is 7.88. The summed E-state index contributed by atoms with van der Waals surface area (Å²) in [6.45, 7) is 1.96. The molecule has 2 atom stereocenters. The minimum absolute atomic E-state index is 0.0978. The number of fused-ring (bicyclic) bond motifs is 2. The van der Waals surface area contributed by atoms with Crippen LogP contribution in [-0.2, 0) is 11.3 Å². The van der Waals surface area contributed by atoms with Crippen LogP contribution in [0.2, 0.25) is 0 Å². The average molecular weight is 411 g/mol. The van der Waals surface area contributed by atoms with Gasteiger partial charge in [0.1, 0.15) is 0 Å². The predicted molar refractivity (Wildman–Crippen MR) is 115 cm³/mol. The molecule has 5 heteroatoms. The van der Waals surface area contributed by atoms with Gasteiger partial charge in [0.25, 0.3) is 5.91 Å². The number of rotatable bonds is 3. The van der Waals surface area contributed by atoms with Crippen molar-refractivity contribution >= 4 is 11.8 Å². The zero-order valence-corrected chi connectivity index (χ0v) is 17.9. The summed E-state index contributed by atoms with van der Waals surface area (Å²) in [5, 5.41) is 11.0. The van der Waals surface area contributed by atoms with Crippen molar-refractivity contribution in [3.8, 4) is 0 Å². The highest BCUT2D eigenvalue weighted by Crippen LogP contribution is 2.43. The van der Waals surface area contributed by atoms with Crippen molar-refractivity contribution in [2.75, 3.05) is 13.1 Å². The fourth-order valence-corrected chi connectivity index (χ4v) is 6.58. The molecule has 2 saturated carbocycles. The van der Waals surface area contributed by atoms with E-state index in [2.05, 4.69) is 0 Å². The number of aliphatic hydroxyl groups is 1. The molecule has 30 heavy (non-hydrogen) atoms. The van der Waals surface area contributed by atoms with Gasteiger partial charge in [-0.1, -0.05) is 50.3 Å². The molecular formula is C25H34N2O3. The van der Waals surface area contributed by atoms with E-state index < -0.39 is 5.60 Å². The minimum Gasteiger partial charge on any atom is -0.389 e. The highest BCUT2D eigenvalue weighted by atomic mass is 16.3. The van der Waals surface area contributed by atoms with Crippen LogP contribution in [0, 0.1) is 5.92 Å². The number of piperidine rings is 1. The maximum absolute atomic E-state index is 13.5. The van der Waals surface area contributed by atoms with E-state index >= 15 is 0 Å². The first-order valence-electron chi connectivity index (χ1n) is 11.9. The molecular weight excluding hydrogens is 376 g/mol. The second-order valence-electron chi connectivity index (χ2n) is 10.1. The Morgan fingerprint density at radius 1 is 1.03 bits per heavy atom. The fraction of sp³-hybridized carbons (Fsp3) is 0.680. The molecule has 2 aliphatic carbocycles. The molecule has 2 heterocycles. The summed E-state index contributed by atoms with van der Waals surface area (Å²) >= 11 is 0. The summed E-state index contributed by atoms with van der Waals surface area (Å²) in [7, 11) is 0. The molecule has 0 bridgehead atoms. The van der Waals surface area contributed by atoms with Crippen LogP contribution < -0.4 is 0 Å². The second kappa shape index (κ2) is 7.67. The van der Waals surface area contributed by atoms with Crippen LogP contribution in [-0.4, -0.2) is 51.0 Å². The second-order valence-corrected chi connectivity index (χ2v) is 10.1. The van der Waals surface area contributed by atoms with Gasteiger partial charge in [-0.15, -0.1) is 0 Å². The van der Waals surface area contributed by atoms with Crippen molar-refractivity contribution in [1.29, 1.82) is 0 Å². The van der Waals surface area contributed by atoms with E-state index in [1.807, 2.05) is 34.1 Å². The molecule has 1 saturated heterocycles. The summed E-state index contributed by atoms with van der Waals surface area (Å²) in [5.74, 6) is 0.484. The molecule has 5 nitrogen and oxygen atoms in total. The Kier molecular flexibility index (Phi) is 5.12. The molecule has 0 aromatic heterocycles. The molecule has 3 fully saturated rings. The molecule has 1 N–H and O–H groups in total. The number of likely N-dealkylation sites (tertiary alicyclic amines) is 1. The molecule has 5 rings (SSSR count). The lowest BCUT2D eigenvalue weighted by molar-refractivity contribution is -0.146. The third-order valence-corrected chi connectivity index (χ3v) is 8.44. The summed E-state index contributed by atoms with van der Waals surface area (Å²) in [6.07, 6.45) is 10.5. The van der Waals surface area contributed by atoms with Gasteiger partial charge in [-0.3, -0.25) is 9.59 Å². The number of amides is 2. The molecule has 0 radical (unpaired) electrons. The predicted octanol–water partition coefficient (Wildman–Crippen LogP) is 3.89. The van der Waals surface area contributed by atoms with E-state index in [1.54, 1.807) is 0 Å². The summed E-state index contributed by atoms with van der Waals surface area (Å²) in [5.41, 5.74) is 0.973. The van der Waals surface area contributed by atoms with Gasteiger partial charge in [-0.25, -0.2) is 0 Å². The molecule has 4 aliphatic rings. The standard InChI is InChI=1S/C25H34N2O3/c28-22(26-15-14-25(30)13-7-4-9-20(25)18-26)16-24(11-5-1-6-12-24)27-17-19-8-2-3-10-21(19)23(27)29/h2-3,8,10,20,30H,1,4-7,9,11-18H2. The first kappa shape index (κ1) is 20.0. The topological polar surface area (TPSA) is 60.9 Å². The van der Waals surface area contributed by atoms with E-state index in [1.165, 1.54) is 6.42 Å². The Labute approximate surface area is 179 Å². The van der Waals surface area contributed by atoms with Crippen LogP contribution in [0.4, 0.5) is 0 Å². The molecule has 162 valence electrons. The van der Waals surface area contributed by atoms with Gasteiger partial charge in [0.15, 0.2) is 0 Å². The van der Waals surface area contributed by atoms with Crippen LogP contribution in [0.15, 0.2) is 24.3 Å². The minimum atomic E-state index is -0.565. The number of nitrogens with zero attached hydrogens (tertiary/aromatic N) is 2. The fourth-order valence-electron chi connectivity index (χ4n) is 6.58. The highest BCUT2D eigenvalue weighted by Gasteiger charge is 2.48. The number of hydrogen-bond acceptors (Lipinski definition) is 3. The molecule has 2 aliphatic heterocycles. The van der Waals surface area contributed by atoms with Crippen LogP contribution in [0.1, 0.15) is 86.6 Å². The lowest BCUT2D eigenvalue weighted by Crippen LogP contribution is -2.57. The van der Waals surface area contributed by atoms with Crippen molar-refractivity contribution in [1.82, 2.24) is 9.80 Å². The van der Waals surface area contributed by atoms with Crippen LogP contribution in [0.25, 0.3) is 0 Å². The van der Waals surface area contributed by atoms with E-state index in [9.17, 15) is 14.7 Å². The Balaban J connectivity index is 1.34. The molecule has 1 aromatic rings. The van der Waals surface area contributed by atoms with E-state index in [4.69, 9.17) is 0 Å². The lowest BCUT2D eigenvalue weighted by Gasteiger charge is -2.49. The van der Waals surface area contributed by atoms with Gasteiger partial charge in [0.2, 0.25) is 5.91 Å². The van der Waals surface area contributed by atoms with Crippen molar-refractivity contribution in [3.05, 3.63) is 35.4 Å². The van der Waals surface area contributed by atoms with Crippen molar-refractivity contribution in [2.45, 2.75) is 88.3 Å². The Hall–Kier alpha value is -1.88. The number of carbonyl (C=O) groups excluding carboxylic acids is 2. The SMILES string of the molecule is O=C(CC1(N2Cc3ccccc3C2=O)CCCCC1)N1CCC2(O)CCCCC2C1. The molecule has 2 amide bonds. The van der Waals surface area contributed by atoms with Crippen molar-refractivity contribution in [2.24, 2.45) is 5.92 Å².